The molecule has 0 atom stereocenters. The first-order chi connectivity index (χ1) is 12.8. The number of anilines is 1. The predicted molar refractivity (Wildman–Crippen MR) is 112 cm³/mol. The van der Waals surface area contributed by atoms with Crippen LogP contribution in [0.15, 0.2) is 36.4 Å². The normalized spacial score (nSPS) is 14.0. The number of Topliss-reactive ketones (excluding diaryl/α,β-unsaturated/α-hetero) is 1. The molecule has 0 radical (unpaired) electrons. The van der Waals surface area contributed by atoms with Gasteiger partial charge in [0, 0.05) is 48.3 Å². The van der Waals surface area contributed by atoms with Gasteiger partial charge in [-0.2, -0.15) is 0 Å². The Balaban J connectivity index is 1.83. The maximum atomic E-state index is 12.4. The molecular weight excluding hydrogens is 358 g/mol. The lowest BCUT2D eigenvalue weighted by Gasteiger charge is -2.31. The van der Waals surface area contributed by atoms with Gasteiger partial charge in [-0.1, -0.05) is 56.6 Å². The fourth-order valence-corrected chi connectivity index (χ4v) is 3.97. The van der Waals surface area contributed by atoms with Gasteiger partial charge in [0.1, 0.15) is 11.5 Å². The molecule has 3 rings (SSSR count). The predicted octanol–water partition coefficient (Wildman–Crippen LogP) is 5.46. The van der Waals surface area contributed by atoms with Crippen LogP contribution < -0.4 is 9.64 Å². The third-order valence-electron chi connectivity index (χ3n) is 4.96. The van der Waals surface area contributed by atoms with Crippen molar-refractivity contribution in [2.24, 2.45) is 5.41 Å². The Kier molecular flexibility index (Phi) is 5.81. The lowest BCUT2D eigenvalue weighted by atomic mass is 9.88. The van der Waals surface area contributed by atoms with Gasteiger partial charge in [-0.05, 0) is 29.0 Å². The minimum Gasteiger partial charge on any atom is -0.496 e. The molecular formula is C23H28ClNO2. The second-order valence-electron chi connectivity index (χ2n) is 8.50. The van der Waals surface area contributed by atoms with Gasteiger partial charge in [-0.3, -0.25) is 4.79 Å². The Bertz CT molecular complexity index is 839. The Hall–Kier alpha value is -2.00. The van der Waals surface area contributed by atoms with E-state index in [9.17, 15) is 4.79 Å². The van der Waals surface area contributed by atoms with E-state index in [1.54, 1.807) is 7.11 Å². The van der Waals surface area contributed by atoms with Crippen molar-refractivity contribution in [3.8, 4) is 5.75 Å². The van der Waals surface area contributed by atoms with Gasteiger partial charge in [0.2, 0.25) is 0 Å². The number of fused-ring (bicyclic) bond motifs is 1. The van der Waals surface area contributed by atoms with Crippen molar-refractivity contribution in [3.63, 3.8) is 0 Å². The molecule has 2 aromatic carbocycles. The minimum atomic E-state index is -0.0298. The number of ether oxygens (including phenoxy) is 1. The van der Waals surface area contributed by atoms with Crippen LogP contribution >= 0.6 is 11.6 Å². The zero-order chi connectivity index (χ0) is 19.6. The zero-order valence-electron chi connectivity index (χ0n) is 16.6. The van der Waals surface area contributed by atoms with E-state index in [1.807, 2.05) is 12.1 Å². The largest absolute Gasteiger partial charge is 0.496 e. The summed E-state index contributed by atoms with van der Waals surface area (Å²) in [5.74, 6) is 0.876. The molecule has 0 fully saturated rings. The number of rotatable bonds is 5. The molecule has 0 saturated heterocycles. The van der Waals surface area contributed by atoms with Crippen LogP contribution in [-0.4, -0.2) is 19.4 Å². The Morgan fingerprint density at radius 3 is 2.56 bits per heavy atom. The van der Waals surface area contributed by atoms with Gasteiger partial charge < -0.3 is 9.64 Å². The topological polar surface area (TPSA) is 29.5 Å². The molecule has 0 spiro atoms. The van der Waals surface area contributed by atoms with Crippen LogP contribution in [0.2, 0.25) is 5.02 Å². The van der Waals surface area contributed by atoms with Crippen molar-refractivity contribution in [1.29, 1.82) is 0 Å². The first kappa shape index (κ1) is 19.8. The Morgan fingerprint density at radius 2 is 1.89 bits per heavy atom. The summed E-state index contributed by atoms with van der Waals surface area (Å²) in [4.78, 5) is 14.8. The maximum absolute atomic E-state index is 12.4. The maximum Gasteiger partial charge on any atom is 0.137 e. The molecule has 0 saturated carbocycles. The summed E-state index contributed by atoms with van der Waals surface area (Å²) < 4.78 is 5.59. The van der Waals surface area contributed by atoms with Gasteiger partial charge >= 0.3 is 0 Å². The molecule has 0 aromatic heterocycles. The van der Waals surface area contributed by atoms with Crippen molar-refractivity contribution >= 4 is 23.1 Å². The van der Waals surface area contributed by atoms with E-state index in [0.29, 0.717) is 23.6 Å². The smallest absolute Gasteiger partial charge is 0.137 e. The molecule has 0 amide bonds. The summed E-state index contributed by atoms with van der Waals surface area (Å²) in [6, 6.07) is 12.5. The highest BCUT2D eigenvalue weighted by Crippen LogP contribution is 2.35. The monoisotopic (exact) mass is 385 g/mol. The van der Waals surface area contributed by atoms with Crippen molar-refractivity contribution < 1.29 is 9.53 Å². The number of nitrogens with zero attached hydrogens (tertiary/aromatic N) is 1. The van der Waals surface area contributed by atoms with Crippen LogP contribution in [0, 0.1) is 5.41 Å². The van der Waals surface area contributed by atoms with E-state index in [4.69, 9.17) is 16.3 Å². The average Bonchev–Trinajstić information content (AvgIpc) is 2.61. The second-order valence-corrected chi connectivity index (χ2v) is 8.91. The van der Waals surface area contributed by atoms with Gasteiger partial charge in [-0.25, -0.2) is 0 Å². The lowest BCUT2D eigenvalue weighted by molar-refractivity contribution is -0.120. The van der Waals surface area contributed by atoms with Gasteiger partial charge in [-0.15, -0.1) is 0 Å². The van der Waals surface area contributed by atoms with Crippen LogP contribution in [0.1, 0.15) is 43.9 Å². The first-order valence-corrected chi connectivity index (χ1v) is 9.84. The number of methoxy groups -OCH3 is 1. The van der Waals surface area contributed by atoms with Crippen LogP contribution in [-0.2, 0) is 24.2 Å². The van der Waals surface area contributed by atoms with Crippen LogP contribution in [0.3, 0.4) is 0 Å². The van der Waals surface area contributed by atoms with Gasteiger partial charge in [0.25, 0.3) is 0 Å². The van der Waals surface area contributed by atoms with Crippen LogP contribution in [0.5, 0.6) is 5.75 Å². The molecule has 1 aliphatic rings. The number of ketones is 1. The number of hydrogen-bond acceptors (Lipinski definition) is 3. The van der Waals surface area contributed by atoms with Crippen molar-refractivity contribution in [2.75, 3.05) is 18.6 Å². The lowest BCUT2D eigenvalue weighted by Crippen LogP contribution is -2.30. The molecule has 144 valence electrons. The van der Waals surface area contributed by atoms with Crippen molar-refractivity contribution in [3.05, 3.63) is 58.1 Å². The van der Waals surface area contributed by atoms with E-state index in [0.717, 1.165) is 30.8 Å². The van der Waals surface area contributed by atoms with E-state index < -0.39 is 0 Å². The Labute approximate surface area is 167 Å². The van der Waals surface area contributed by atoms with E-state index >= 15 is 0 Å². The number of halogens is 1. The number of benzene rings is 2. The fraction of sp³-hybridized carbons (Fsp3) is 0.435. The fourth-order valence-electron chi connectivity index (χ4n) is 3.70. The van der Waals surface area contributed by atoms with Gasteiger partial charge in [0.15, 0.2) is 0 Å². The molecule has 0 bridgehead atoms. The highest BCUT2D eigenvalue weighted by atomic mass is 35.5. The highest BCUT2D eigenvalue weighted by molar-refractivity contribution is 6.32. The van der Waals surface area contributed by atoms with E-state index in [1.165, 1.54) is 11.1 Å². The summed E-state index contributed by atoms with van der Waals surface area (Å²) in [5, 5.41) is 0.602. The van der Waals surface area contributed by atoms with Crippen LogP contribution in [0.4, 0.5) is 5.69 Å². The second kappa shape index (κ2) is 7.93. The first-order valence-electron chi connectivity index (χ1n) is 9.46. The molecule has 27 heavy (non-hydrogen) atoms. The summed E-state index contributed by atoms with van der Waals surface area (Å²) in [6.07, 6.45) is 1.85. The molecule has 1 aliphatic heterocycles. The number of carbonyl (C=O) groups excluding carboxylic acids is 1. The molecule has 4 heteroatoms. The minimum absolute atomic E-state index is 0.0298. The van der Waals surface area contributed by atoms with Gasteiger partial charge in [0.05, 0.1) is 7.11 Å². The van der Waals surface area contributed by atoms with Crippen molar-refractivity contribution in [1.82, 2.24) is 0 Å². The third kappa shape index (κ3) is 4.84. The molecule has 1 heterocycles. The van der Waals surface area contributed by atoms with E-state index in [-0.39, 0.29) is 11.2 Å². The third-order valence-corrected chi connectivity index (χ3v) is 5.29. The summed E-state index contributed by atoms with van der Waals surface area (Å²) in [5.41, 5.74) is 4.56. The standard InChI is InChI=1S/C23H28ClNO2/c1-23(2,3)14-19(26)13-20-21(24)11-18(12-22(20)27-4)25-10-9-16-7-5-6-8-17(16)15-25/h5-8,11-12H,9-10,13-15H2,1-4H3. The average molecular weight is 386 g/mol. The quantitative estimate of drug-likeness (QED) is 0.684. The molecule has 3 nitrogen and oxygen atoms in total. The summed E-state index contributed by atoms with van der Waals surface area (Å²) in [6.45, 7) is 8.01. The van der Waals surface area contributed by atoms with Crippen LogP contribution in [0.25, 0.3) is 0 Å². The highest BCUT2D eigenvalue weighted by Gasteiger charge is 2.22. The summed E-state index contributed by atoms with van der Waals surface area (Å²) >= 11 is 6.59. The number of carbonyl (C=O) groups is 1. The molecule has 2 aromatic rings. The SMILES string of the molecule is COc1cc(N2CCc3ccccc3C2)cc(Cl)c1CC(=O)CC(C)(C)C. The molecule has 0 unspecified atom stereocenters. The zero-order valence-corrected chi connectivity index (χ0v) is 17.4. The molecule has 0 aliphatic carbocycles. The summed E-state index contributed by atoms with van der Waals surface area (Å²) in [7, 11) is 1.64. The van der Waals surface area contributed by atoms with Crippen molar-refractivity contribution in [2.45, 2.75) is 46.6 Å². The number of hydrogen-bond donors (Lipinski definition) is 0. The van der Waals surface area contributed by atoms with E-state index in [2.05, 4.69) is 49.9 Å². The molecule has 0 N–H and O–H groups in total. The Morgan fingerprint density at radius 1 is 1.19 bits per heavy atom.